The van der Waals surface area contributed by atoms with Gasteiger partial charge in [0, 0.05) is 45.5 Å². The molecule has 1 amide bonds. The van der Waals surface area contributed by atoms with E-state index in [0.717, 1.165) is 6.07 Å². The van der Waals surface area contributed by atoms with Crippen LogP contribution >= 0.6 is 0 Å². The number of methoxy groups -OCH3 is 1. The minimum Gasteiger partial charge on any atom is -0.388 e. The average molecular weight is 417 g/mol. The predicted octanol–water partition coefficient (Wildman–Crippen LogP) is 0.718. The molecular formula is C19H26F3N3O4. The summed E-state index contributed by atoms with van der Waals surface area (Å²) in [6, 6.07) is 4.87. The molecule has 3 atom stereocenters. The van der Waals surface area contributed by atoms with Crippen LogP contribution in [0.1, 0.15) is 5.56 Å². The number of halogens is 3. The van der Waals surface area contributed by atoms with E-state index in [1.54, 1.807) is 6.07 Å². The molecule has 10 heteroatoms. The topological polar surface area (TPSA) is 74.3 Å². The molecule has 7 nitrogen and oxygen atoms in total. The van der Waals surface area contributed by atoms with E-state index < -0.39 is 30.0 Å². The summed E-state index contributed by atoms with van der Waals surface area (Å²) >= 11 is 0. The maximum atomic E-state index is 12.9. The maximum Gasteiger partial charge on any atom is 0.416 e. The number of carbonyl (C=O) groups excluding carboxylic acids is 1. The number of amides is 1. The Morgan fingerprint density at radius 2 is 2.03 bits per heavy atom. The van der Waals surface area contributed by atoms with Crippen molar-refractivity contribution in [2.45, 2.75) is 24.4 Å². The summed E-state index contributed by atoms with van der Waals surface area (Å²) in [5, 5.41) is 13.1. The first kappa shape index (κ1) is 21.8. The van der Waals surface area contributed by atoms with Crippen LogP contribution in [0.25, 0.3) is 0 Å². The fourth-order valence-corrected chi connectivity index (χ4v) is 3.67. The highest BCUT2D eigenvalue weighted by Crippen LogP contribution is 2.32. The van der Waals surface area contributed by atoms with Crippen molar-refractivity contribution < 1.29 is 32.5 Å². The number of hydrogen-bond donors (Lipinski definition) is 2. The third-order valence-electron chi connectivity index (χ3n) is 5.25. The van der Waals surface area contributed by atoms with Crippen molar-refractivity contribution in [3.05, 3.63) is 29.8 Å². The molecule has 0 radical (unpaired) electrons. The molecule has 0 bridgehead atoms. The summed E-state index contributed by atoms with van der Waals surface area (Å²) in [4.78, 5) is 15.6. The van der Waals surface area contributed by atoms with Crippen molar-refractivity contribution in [1.29, 1.82) is 0 Å². The Kier molecular flexibility index (Phi) is 6.99. The second kappa shape index (κ2) is 9.29. The van der Waals surface area contributed by atoms with Crippen LogP contribution in [0.15, 0.2) is 24.3 Å². The smallest absolute Gasteiger partial charge is 0.388 e. The van der Waals surface area contributed by atoms with E-state index >= 15 is 0 Å². The third-order valence-corrected chi connectivity index (χ3v) is 5.25. The van der Waals surface area contributed by atoms with Gasteiger partial charge in [0.1, 0.15) is 12.7 Å². The van der Waals surface area contributed by atoms with E-state index in [1.165, 1.54) is 19.2 Å². The Labute approximate surface area is 167 Å². The van der Waals surface area contributed by atoms with Gasteiger partial charge in [-0.3, -0.25) is 9.69 Å². The average Bonchev–Trinajstić information content (AvgIpc) is 3.02. The van der Waals surface area contributed by atoms with Crippen LogP contribution in [0.2, 0.25) is 0 Å². The molecule has 29 heavy (non-hydrogen) atoms. The summed E-state index contributed by atoms with van der Waals surface area (Å²) in [6.07, 6.45) is -5.61. The number of alkyl halides is 3. The van der Waals surface area contributed by atoms with Gasteiger partial charge in [0.05, 0.1) is 24.3 Å². The summed E-state index contributed by atoms with van der Waals surface area (Å²) in [5.74, 6) is -0.310. The molecule has 162 valence electrons. The van der Waals surface area contributed by atoms with Gasteiger partial charge in [0.2, 0.25) is 5.91 Å². The lowest BCUT2D eigenvalue weighted by atomic mass is 10.1. The van der Waals surface area contributed by atoms with Gasteiger partial charge >= 0.3 is 6.18 Å². The molecule has 2 saturated heterocycles. The van der Waals surface area contributed by atoms with Gasteiger partial charge in [-0.25, -0.2) is 0 Å². The second-order valence-electron chi connectivity index (χ2n) is 7.31. The molecule has 2 N–H and O–H groups in total. The Morgan fingerprint density at radius 3 is 2.69 bits per heavy atom. The lowest BCUT2D eigenvalue weighted by Crippen LogP contribution is -2.51. The van der Waals surface area contributed by atoms with Crippen molar-refractivity contribution in [1.82, 2.24) is 10.2 Å². The Morgan fingerprint density at radius 1 is 1.31 bits per heavy atom. The molecule has 1 aromatic carbocycles. The molecular weight excluding hydrogens is 391 g/mol. The first-order chi connectivity index (χ1) is 13.8. The number of rotatable bonds is 6. The van der Waals surface area contributed by atoms with Crippen molar-refractivity contribution in [3.63, 3.8) is 0 Å². The van der Waals surface area contributed by atoms with E-state index in [4.69, 9.17) is 9.47 Å². The van der Waals surface area contributed by atoms with E-state index in [9.17, 15) is 23.1 Å². The van der Waals surface area contributed by atoms with Gasteiger partial charge in [-0.15, -0.1) is 0 Å². The Hall–Kier alpha value is -1.88. The molecule has 3 unspecified atom stereocenters. The number of piperazine rings is 1. The summed E-state index contributed by atoms with van der Waals surface area (Å²) in [7, 11) is 1.42. The number of carbonyl (C=O) groups is 1. The van der Waals surface area contributed by atoms with Crippen LogP contribution in [0, 0.1) is 0 Å². The van der Waals surface area contributed by atoms with E-state index in [-0.39, 0.29) is 19.1 Å². The number of nitrogens with zero attached hydrogens (tertiary/aromatic N) is 2. The molecule has 0 spiro atoms. The largest absolute Gasteiger partial charge is 0.416 e. The molecule has 1 aromatic rings. The molecule has 2 fully saturated rings. The van der Waals surface area contributed by atoms with Crippen molar-refractivity contribution in [2.75, 3.05) is 57.9 Å². The summed E-state index contributed by atoms with van der Waals surface area (Å²) < 4.78 is 49.2. The number of aliphatic hydroxyl groups excluding tert-OH is 1. The highest BCUT2D eigenvalue weighted by Gasteiger charge is 2.38. The summed E-state index contributed by atoms with van der Waals surface area (Å²) in [5.41, 5.74) is -0.0981. The van der Waals surface area contributed by atoms with Crippen LogP contribution in [-0.4, -0.2) is 87.2 Å². The number of anilines is 1. The van der Waals surface area contributed by atoms with Gasteiger partial charge in [-0.2, -0.15) is 13.2 Å². The number of nitrogens with one attached hydrogen (secondary N) is 1. The zero-order valence-corrected chi connectivity index (χ0v) is 16.2. The molecule has 2 aliphatic rings. The standard InChI is InChI=1S/C19H26F3N3O4/c1-28-12-17(26)23-15-11-29-16(18(15)27)10-24-5-7-25(8-6-24)14-4-2-3-13(9-14)19(20,21)22/h2-4,9,15-16,18,27H,5-8,10-12H2,1H3,(H,23,26). The minimum atomic E-state index is -4.36. The fraction of sp³-hybridized carbons (Fsp3) is 0.632. The zero-order chi connectivity index (χ0) is 21.0. The van der Waals surface area contributed by atoms with E-state index in [2.05, 4.69) is 10.2 Å². The molecule has 2 heterocycles. The Bertz CT molecular complexity index is 696. The zero-order valence-electron chi connectivity index (χ0n) is 16.2. The normalized spacial score (nSPS) is 26.0. The van der Waals surface area contributed by atoms with E-state index in [0.29, 0.717) is 38.4 Å². The SMILES string of the molecule is COCC(=O)NC1COC(CN2CCN(c3cccc(C(F)(F)F)c3)CC2)C1O. The lowest BCUT2D eigenvalue weighted by Gasteiger charge is -2.37. The molecule has 0 aliphatic carbocycles. The first-order valence-electron chi connectivity index (χ1n) is 9.50. The number of aliphatic hydroxyl groups is 1. The minimum absolute atomic E-state index is 0.0780. The van der Waals surface area contributed by atoms with Crippen LogP contribution < -0.4 is 10.2 Å². The predicted molar refractivity (Wildman–Crippen MR) is 99.7 cm³/mol. The van der Waals surface area contributed by atoms with Crippen LogP contribution in [0.3, 0.4) is 0 Å². The lowest BCUT2D eigenvalue weighted by molar-refractivity contribution is -0.137. The van der Waals surface area contributed by atoms with Gasteiger partial charge in [0.15, 0.2) is 0 Å². The van der Waals surface area contributed by atoms with E-state index in [1.807, 2.05) is 4.90 Å². The van der Waals surface area contributed by atoms with Crippen LogP contribution in [0.5, 0.6) is 0 Å². The van der Waals surface area contributed by atoms with Gasteiger partial charge in [-0.1, -0.05) is 6.07 Å². The van der Waals surface area contributed by atoms with Gasteiger partial charge in [-0.05, 0) is 18.2 Å². The fourth-order valence-electron chi connectivity index (χ4n) is 3.67. The Balaban J connectivity index is 1.49. The molecule has 3 rings (SSSR count). The van der Waals surface area contributed by atoms with Crippen molar-refractivity contribution >= 4 is 11.6 Å². The second-order valence-corrected chi connectivity index (χ2v) is 7.31. The number of ether oxygens (including phenoxy) is 2. The summed E-state index contributed by atoms with van der Waals surface area (Å²) in [6.45, 7) is 3.09. The maximum absolute atomic E-state index is 12.9. The van der Waals surface area contributed by atoms with Crippen LogP contribution in [0.4, 0.5) is 18.9 Å². The molecule has 0 saturated carbocycles. The monoisotopic (exact) mass is 417 g/mol. The molecule has 0 aromatic heterocycles. The highest BCUT2D eigenvalue weighted by atomic mass is 19.4. The molecule has 2 aliphatic heterocycles. The van der Waals surface area contributed by atoms with Crippen LogP contribution in [-0.2, 0) is 20.4 Å². The van der Waals surface area contributed by atoms with Gasteiger partial charge < -0.3 is 24.8 Å². The van der Waals surface area contributed by atoms with Crippen molar-refractivity contribution in [2.24, 2.45) is 0 Å². The number of benzene rings is 1. The van der Waals surface area contributed by atoms with Crippen molar-refractivity contribution in [3.8, 4) is 0 Å². The highest BCUT2D eigenvalue weighted by molar-refractivity contribution is 5.77. The van der Waals surface area contributed by atoms with Gasteiger partial charge in [0.25, 0.3) is 0 Å². The quantitative estimate of drug-likeness (QED) is 0.711. The number of hydrogen-bond acceptors (Lipinski definition) is 6. The third kappa shape index (κ3) is 5.59. The first-order valence-corrected chi connectivity index (χ1v) is 9.50.